The first-order chi connectivity index (χ1) is 7.72. The van der Waals surface area contributed by atoms with Gasteiger partial charge in [0.2, 0.25) is 0 Å². The second-order valence-electron chi connectivity index (χ2n) is 3.79. The Hall–Kier alpha value is -1.68. The Morgan fingerprint density at radius 1 is 1.44 bits per heavy atom. The molecule has 1 aliphatic rings. The fourth-order valence-corrected chi connectivity index (χ4v) is 1.86. The molecule has 0 aliphatic carbocycles. The van der Waals surface area contributed by atoms with Crippen molar-refractivity contribution in [2.24, 2.45) is 0 Å². The van der Waals surface area contributed by atoms with Crippen LogP contribution >= 0.6 is 0 Å². The molecule has 0 radical (unpaired) electrons. The van der Waals surface area contributed by atoms with Crippen molar-refractivity contribution >= 4 is 11.7 Å². The summed E-state index contributed by atoms with van der Waals surface area (Å²) in [6.07, 6.45) is 0. The van der Waals surface area contributed by atoms with Crippen molar-refractivity contribution in [2.45, 2.75) is 6.54 Å². The molecular weight excluding hydrogens is 206 g/mol. The molecule has 0 atom stereocenters. The van der Waals surface area contributed by atoms with Crippen molar-refractivity contribution in [3.63, 3.8) is 0 Å². The van der Waals surface area contributed by atoms with Crippen LogP contribution in [0.2, 0.25) is 0 Å². The molecule has 0 aromatic heterocycles. The summed E-state index contributed by atoms with van der Waals surface area (Å²) in [5.41, 5.74) is 1.69. The zero-order chi connectivity index (χ0) is 11.5. The molecule has 84 valence electrons. The monoisotopic (exact) mass is 219 g/mol. The summed E-state index contributed by atoms with van der Waals surface area (Å²) in [6.45, 7) is 0.700. The molecule has 0 N–H and O–H groups in total. The first-order valence-corrected chi connectivity index (χ1v) is 5.10. The number of hydrogen-bond acceptors (Lipinski definition) is 3. The maximum absolute atomic E-state index is 11.9. The summed E-state index contributed by atoms with van der Waals surface area (Å²) >= 11 is 0. The van der Waals surface area contributed by atoms with Crippen molar-refractivity contribution in [1.29, 1.82) is 0 Å². The van der Waals surface area contributed by atoms with E-state index in [0.717, 1.165) is 5.56 Å². The lowest BCUT2D eigenvalue weighted by molar-refractivity contribution is -0.123. The van der Waals surface area contributed by atoms with Gasteiger partial charge in [0.25, 0.3) is 5.91 Å². The van der Waals surface area contributed by atoms with Crippen molar-refractivity contribution in [3.05, 3.63) is 35.4 Å². The normalized spacial score (nSPS) is 14.1. The number of ether oxygens (including phenoxy) is 1. The van der Waals surface area contributed by atoms with Crippen LogP contribution in [0.5, 0.6) is 0 Å². The van der Waals surface area contributed by atoms with Crippen molar-refractivity contribution in [2.75, 3.05) is 20.3 Å². The smallest absolute Gasteiger partial charge is 0.254 e. The Morgan fingerprint density at radius 2 is 2.19 bits per heavy atom. The minimum Gasteiger partial charge on any atom is -0.377 e. The molecule has 1 amide bonds. The Bertz CT molecular complexity index is 428. The van der Waals surface area contributed by atoms with E-state index in [2.05, 4.69) is 0 Å². The lowest BCUT2D eigenvalue weighted by Gasteiger charge is -2.13. The van der Waals surface area contributed by atoms with Crippen molar-refractivity contribution in [1.82, 2.24) is 4.90 Å². The van der Waals surface area contributed by atoms with Crippen LogP contribution in [-0.4, -0.2) is 36.9 Å². The fraction of sp³-hybridized carbons (Fsp3) is 0.333. The van der Waals surface area contributed by atoms with Gasteiger partial charge < -0.3 is 9.64 Å². The molecule has 1 heterocycles. The Kier molecular flexibility index (Phi) is 3.01. The highest BCUT2D eigenvalue weighted by molar-refractivity contribution is 6.00. The van der Waals surface area contributed by atoms with Gasteiger partial charge in [-0.05, 0) is 11.6 Å². The molecule has 1 aromatic rings. The fourth-order valence-electron chi connectivity index (χ4n) is 1.86. The molecule has 0 spiro atoms. The lowest BCUT2D eigenvalue weighted by atomic mass is 10.1. The summed E-state index contributed by atoms with van der Waals surface area (Å²) in [7, 11) is 1.47. The first-order valence-electron chi connectivity index (χ1n) is 5.10. The molecule has 2 rings (SSSR count). The van der Waals surface area contributed by atoms with Crippen molar-refractivity contribution in [3.8, 4) is 0 Å². The van der Waals surface area contributed by atoms with Gasteiger partial charge in [0.1, 0.15) is 6.61 Å². The van der Waals surface area contributed by atoms with Gasteiger partial charge in [0.15, 0.2) is 5.78 Å². The van der Waals surface area contributed by atoms with Crippen LogP contribution in [0.1, 0.15) is 15.9 Å². The third-order valence-electron chi connectivity index (χ3n) is 2.57. The molecule has 0 saturated heterocycles. The summed E-state index contributed by atoms with van der Waals surface area (Å²) in [6, 6.07) is 7.43. The molecule has 1 aliphatic heterocycles. The zero-order valence-electron chi connectivity index (χ0n) is 9.10. The summed E-state index contributed by atoms with van der Waals surface area (Å²) in [4.78, 5) is 24.8. The molecule has 16 heavy (non-hydrogen) atoms. The SMILES string of the molecule is COCC(=O)CN1Cc2ccccc2C1=O. The minimum absolute atomic E-state index is 0.0557. The highest BCUT2D eigenvalue weighted by Crippen LogP contribution is 2.21. The van der Waals surface area contributed by atoms with Crippen LogP contribution in [0, 0.1) is 0 Å². The summed E-state index contributed by atoms with van der Waals surface area (Å²) in [5.74, 6) is -0.149. The van der Waals surface area contributed by atoms with Gasteiger partial charge in [-0.25, -0.2) is 0 Å². The molecule has 4 nitrogen and oxygen atoms in total. The number of hydrogen-bond donors (Lipinski definition) is 0. The van der Waals surface area contributed by atoms with E-state index in [0.29, 0.717) is 12.1 Å². The molecule has 0 fully saturated rings. The lowest BCUT2D eigenvalue weighted by Crippen LogP contribution is -2.31. The molecule has 0 saturated carbocycles. The van der Waals surface area contributed by atoms with Crippen LogP contribution in [0.25, 0.3) is 0 Å². The highest BCUT2D eigenvalue weighted by Gasteiger charge is 2.27. The van der Waals surface area contributed by atoms with Crippen LogP contribution < -0.4 is 0 Å². The van der Waals surface area contributed by atoms with E-state index in [1.807, 2.05) is 18.2 Å². The molecule has 4 heteroatoms. The van der Waals surface area contributed by atoms with E-state index in [1.165, 1.54) is 7.11 Å². The van der Waals surface area contributed by atoms with E-state index in [1.54, 1.807) is 11.0 Å². The van der Waals surface area contributed by atoms with E-state index in [-0.39, 0.29) is 24.8 Å². The van der Waals surface area contributed by atoms with Crippen LogP contribution in [0.15, 0.2) is 24.3 Å². The van der Waals surface area contributed by atoms with E-state index < -0.39 is 0 Å². The number of fused-ring (bicyclic) bond motifs is 1. The average Bonchev–Trinajstić information content (AvgIpc) is 2.57. The maximum Gasteiger partial charge on any atom is 0.254 e. The number of benzene rings is 1. The van der Waals surface area contributed by atoms with Crippen LogP contribution in [-0.2, 0) is 16.1 Å². The Balaban J connectivity index is 2.07. The standard InChI is InChI=1S/C12H13NO3/c1-16-8-10(14)7-13-6-9-4-2-3-5-11(9)12(13)15/h2-5H,6-8H2,1H3. The quantitative estimate of drug-likeness (QED) is 0.754. The minimum atomic E-state index is -0.0799. The number of ketones is 1. The third-order valence-corrected chi connectivity index (χ3v) is 2.57. The van der Waals surface area contributed by atoms with Gasteiger partial charge in [-0.3, -0.25) is 9.59 Å². The number of amides is 1. The van der Waals surface area contributed by atoms with Gasteiger partial charge in [-0.15, -0.1) is 0 Å². The predicted molar refractivity (Wildman–Crippen MR) is 58.1 cm³/mol. The number of methoxy groups -OCH3 is 1. The topological polar surface area (TPSA) is 46.6 Å². The van der Waals surface area contributed by atoms with E-state index >= 15 is 0 Å². The number of rotatable bonds is 4. The Labute approximate surface area is 93.8 Å². The van der Waals surface area contributed by atoms with E-state index in [9.17, 15) is 9.59 Å². The first kappa shape index (κ1) is 10.8. The number of Topliss-reactive ketones (excluding diaryl/α,β-unsaturated/α-hetero) is 1. The van der Waals surface area contributed by atoms with Gasteiger partial charge >= 0.3 is 0 Å². The average molecular weight is 219 g/mol. The van der Waals surface area contributed by atoms with Crippen LogP contribution in [0.4, 0.5) is 0 Å². The second-order valence-corrected chi connectivity index (χ2v) is 3.79. The van der Waals surface area contributed by atoms with Gasteiger partial charge in [-0.1, -0.05) is 18.2 Å². The summed E-state index contributed by atoms with van der Waals surface area (Å²) < 4.78 is 4.74. The molecule has 0 bridgehead atoms. The predicted octanol–water partition coefficient (Wildman–Crippen LogP) is 0.858. The van der Waals surface area contributed by atoms with Crippen molar-refractivity contribution < 1.29 is 14.3 Å². The highest BCUT2D eigenvalue weighted by atomic mass is 16.5. The van der Waals surface area contributed by atoms with Gasteiger partial charge in [0, 0.05) is 19.2 Å². The van der Waals surface area contributed by atoms with Crippen LogP contribution in [0.3, 0.4) is 0 Å². The number of carbonyl (C=O) groups excluding carboxylic acids is 2. The zero-order valence-corrected chi connectivity index (χ0v) is 9.10. The maximum atomic E-state index is 11.9. The molecule has 1 aromatic carbocycles. The van der Waals surface area contributed by atoms with E-state index in [4.69, 9.17) is 4.74 Å². The third kappa shape index (κ3) is 1.97. The molecule has 0 unspecified atom stereocenters. The molecular formula is C12H13NO3. The van der Waals surface area contributed by atoms with Gasteiger partial charge in [-0.2, -0.15) is 0 Å². The number of nitrogens with zero attached hydrogens (tertiary/aromatic N) is 1. The Morgan fingerprint density at radius 3 is 2.88 bits per heavy atom. The van der Waals surface area contributed by atoms with Gasteiger partial charge in [0.05, 0.1) is 6.54 Å². The second kappa shape index (κ2) is 4.45. The largest absolute Gasteiger partial charge is 0.377 e. The summed E-state index contributed by atoms with van der Waals surface area (Å²) in [5, 5.41) is 0. The number of carbonyl (C=O) groups is 2.